The van der Waals surface area contributed by atoms with Crippen LogP contribution in [0.25, 0.3) is 0 Å². The fraction of sp³-hybridized carbons (Fsp3) is 0.833. The number of carbonyl (C=O) groups excluding carboxylic acids is 1. The van der Waals surface area contributed by atoms with Crippen LogP contribution < -0.4 is 0 Å². The molecule has 3 heteroatoms. The van der Waals surface area contributed by atoms with Gasteiger partial charge in [0.1, 0.15) is 0 Å². The molecule has 0 aliphatic heterocycles. The van der Waals surface area contributed by atoms with Crippen LogP contribution >= 0.6 is 11.6 Å². The molecule has 2 atom stereocenters. The van der Waals surface area contributed by atoms with Crippen LogP contribution in [0.15, 0.2) is 11.6 Å². The summed E-state index contributed by atoms with van der Waals surface area (Å²) in [5, 5.41) is 0. The fourth-order valence-corrected chi connectivity index (χ4v) is 3.90. The maximum absolute atomic E-state index is 12.8. The molecule has 0 aromatic rings. The summed E-state index contributed by atoms with van der Waals surface area (Å²) in [5.41, 5.74) is 1.39. The van der Waals surface area contributed by atoms with Gasteiger partial charge in [-0.3, -0.25) is 4.79 Å². The van der Waals surface area contributed by atoms with E-state index in [-0.39, 0.29) is 11.9 Å². The predicted molar refractivity (Wildman–Crippen MR) is 89.4 cm³/mol. The van der Waals surface area contributed by atoms with Gasteiger partial charge in [0, 0.05) is 18.5 Å². The third kappa shape index (κ3) is 2.88. The largest absolute Gasteiger partial charge is 0.336 e. The Balaban J connectivity index is 2.15. The van der Waals surface area contributed by atoms with Crippen molar-refractivity contribution in [2.75, 3.05) is 12.4 Å². The van der Waals surface area contributed by atoms with E-state index >= 15 is 0 Å². The van der Waals surface area contributed by atoms with Gasteiger partial charge in [-0.05, 0) is 57.8 Å². The number of allylic oxidation sites excluding steroid dienone is 1. The molecule has 0 aromatic heterocycles. The lowest BCUT2D eigenvalue weighted by molar-refractivity contribution is -0.141. The van der Waals surface area contributed by atoms with Crippen LogP contribution in [0.3, 0.4) is 0 Å². The Kier molecular flexibility index (Phi) is 4.50. The van der Waals surface area contributed by atoms with Crippen LogP contribution in [-0.2, 0) is 4.79 Å². The standard InChI is InChI=1S/C18H30ClNO/c1-12(2)20(16(21)17(3,4)11-19)10-13-7-8-14-9-15(13)18(14,5)6/h7,12,14-15H,8-11H2,1-6H3. The van der Waals surface area contributed by atoms with E-state index in [1.807, 2.05) is 18.7 Å². The number of amides is 1. The van der Waals surface area contributed by atoms with Crippen LogP contribution in [-0.4, -0.2) is 29.3 Å². The maximum atomic E-state index is 12.8. The highest BCUT2D eigenvalue weighted by molar-refractivity contribution is 6.19. The van der Waals surface area contributed by atoms with E-state index < -0.39 is 5.41 Å². The van der Waals surface area contributed by atoms with Crippen molar-refractivity contribution in [3.8, 4) is 0 Å². The topological polar surface area (TPSA) is 20.3 Å². The Morgan fingerprint density at radius 2 is 2.10 bits per heavy atom. The highest BCUT2D eigenvalue weighted by Crippen LogP contribution is 2.59. The van der Waals surface area contributed by atoms with Gasteiger partial charge in [0.2, 0.25) is 5.91 Å². The van der Waals surface area contributed by atoms with E-state index in [1.54, 1.807) is 0 Å². The Morgan fingerprint density at radius 1 is 1.48 bits per heavy atom. The Hall–Kier alpha value is -0.500. The van der Waals surface area contributed by atoms with Gasteiger partial charge in [0.05, 0.1) is 5.41 Å². The lowest BCUT2D eigenvalue weighted by Gasteiger charge is -2.57. The van der Waals surface area contributed by atoms with Gasteiger partial charge in [-0.2, -0.15) is 0 Å². The molecule has 120 valence electrons. The SMILES string of the molecule is CC(C)N(CC1=CCC2CC1C2(C)C)C(=O)C(C)(C)CCl. The number of halogens is 1. The summed E-state index contributed by atoms with van der Waals surface area (Å²) in [5.74, 6) is 2.04. The molecule has 1 fully saturated rings. The zero-order valence-corrected chi connectivity index (χ0v) is 15.1. The van der Waals surface area contributed by atoms with Gasteiger partial charge < -0.3 is 4.90 Å². The van der Waals surface area contributed by atoms with E-state index in [1.165, 1.54) is 18.4 Å². The molecule has 0 saturated heterocycles. The summed E-state index contributed by atoms with van der Waals surface area (Å²) in [6, 6.07) is 0.210. The number of rotatable bonds is 5. The summed E-state index contributed by atoms with van der Waals surface area (Å²) in [7, 11) is 0. The van der Waals surface area contributed by atoms with Gasteiger partial charge >= 0.3 is 0 Å². The molecular formula is C18H30ClNO. The quantitative estimate of drug-likeness (QED) is 0.541. The number of nitrogens with zero attached hydrogens (tertiary/aromatic N) is 1. The average Bonchev–Trinajstić information content (AvgIpc) is 2.43. The molecule has 3 rings (SSSR count). The van der Waals surface area contributed by atoms with Gasteiger partial charge in [-0.25, -0.2) is 0 Å². The summed E-state index contributed by atoms with van der Waals surface area (Å²) in [6.45, 7) is 13.6. The van der Waals surface area contributed by atoms with Gasteiger partial charge in [-0.15, -0.1) is 11.6 Å². The summed E-state index contributed by atoms with van der Waals surface area (Å²) < 4.78 is 0. The number of hydrogen-bond acceptors (Lipinski definition) is 1. The second kappa shape index (κ2) is 5.61. The molecule has 0 aromatic carbocycles. The Labute approximate surface area is 134 Å². The van der Waals surface area contributed by atoms with Crippen LogP contribution in [0.1, 0.15) is 54.4 Å². The van der Waals surface area contributed by atoms with Crippen molar-refractivity contribution >= 4 is 17.5 Å². The molecule has 1 amide bonds. The first-order chi connectivity index (χ1) is 9.61. The first-order valence-electron chi connectivity index (χ1n) is 8.17. The van der Waals surface area contributed by atoms with Crippen molar-refractivity contribution in [2.24, 2.45) is 22.7 Å². The van der Waals surface area contributed by atoms with E-state index in [0.717, 1.165) is 12.5 Å². The van der Waals surface area contributed by atoms with Crippen LogP contribution in [0.5, 0.6) is 0 Å². The third-order valence-corrected chi connectivity index (χ3v) is 6.40. The molecule has 3 aliphatic rings. The molecule has 2 nitrogen and oxygen atoms in total. The molecule has 0 N–H and O–H groups in total. The molecule has 2 bridgehead atoms. The van der Waals surface area contributed by atoms with Crippen molar-refractivity contribution in [1.82, 2.24) is 4.90 Å². The molecule has 0 spiro atoms. The number of hydrogen-bond donors (Lipinski definition) is 0. The first-order valence-corrected chi connectivity index (χ1v) is 8.70. The van der Waals surface area contributed by atoms with Gasteiger partial charge in [0.25, 0.3) is 0 Å². The lowest BCUT2D eigenvalue weighted by Crippen LogP contribution is -2.52. The Morgan fingerprint density at radius 3 is 2.52 bits per heavy atom. The molecule has 1 saturated carbocycles. The summed E-state index contributed by atoms with van der Waals surface area (Å²) in [6.07, 6.45) is 4.87. The van der Waals surface area contributed by atoms with Crippen molar-refractivity contribution in [3.05, 3.63) is 11.6 Å². The second-order valence-corrected chi connectivity index (χ2v) is 8.63. The minimum Gasteiger partial charge on any atom is -0.336 e. The predicted octanol–water partition coefficient (Wildman–Crippen LogP) is 4.48. The van der Waals surface area contributed by atoms with Crippen LogP contribution in [0.2, 0.25) is 0 Å². The molecule has 2 unspecified atom stereocenters. The highest BCUT2D eigenvalue weighted by atomic mass is 35.5. The minimum atomic E-state index is -0.487. The summed E-state index contributed by atoms with van der Waals surface area (Å²) in [4.78, 5) is 14.8. The number of fused-ring (bicyclic) bond motifs is 1. The zero-order chi connectivity index (χ0) is 16.0. The van der Waals surface area contributed by atoms with Crippen molar-refractivity contribution in [3.63, 3.8) is 0 Å². The number of alkyl halides is 1. The Bertz CT molecular complexity index is 450. The average molecular weight is 312 g/mol. The van der Waals surface area contributed by atoms with Crippen molar-refractivity contribution in [2.45, 2.75) is 60.4 Å². The second-order valence-electron chi connectivity index (χ2n) is 8.37. The number of carbonyl (C=O) groups is 1. The van der Waals surface area contributed by atoms with E-state index in [0.29, 0.717) is 17.2 Å². The van der Waals surface area contributed by atoms with E-state index in [2.05, 4.69) is 33.8 Å². The smallest absolute Gasteiger partial charge is 0.229 e. The molecule has 21 heavy (non-hydrogen) atoms. The highest BCUT2D eigenvalue weighted by Gasteiger charge is 2.51. The molecule has 0 radical (unpaired) electrons. The van der Waals surface area contributed by atoms with Crippen LogP contribution in [0, 0.1) is 22.7 Å². The zero-order valence-electron chi connectivity index (χ0n) is 14.4. The van der Waals surface area contributed by atoms with E-state index in [4.69, 9.17) is 11.6 Å². The summed E-state index contributed by atoms with van der Waals surface area (Å²) >= 11 is 6.00. The van der Waals surface area contributed by atoms with Gasteiger partial charge in [0.15, 0.2) is 0 Å². The normalized spacial score (nSPS) is 27.1. The van der Waals surface area contributed by atoms with Gasteiger partial charge in [-0.1, -0.05) is 25.5 Å². The van der Waals surface area contributed by atoms with Crippen molar-refractivity contribution in [1.29, 1.82) is 0 Å². The lowest BCUT2D eigenvalue weighted by atomic mass is 9.49. The first kappa shape index (κ1) is 16.9. The molecular weight excluding hydrogens is 282 g/mol. The third-order valence-electron chi connectivity index (χ3n) is 5.73. The fourth-order valence-electron chi connectivity index (χ4n) is 3.79. The minimum absolute atomic E-state index is 0.174. The van der Waals surface area contributed by atoms with E-state index in [9.17, 15) is 4.79 Å². The van der Waals surface area contributed by atoms with Crippen LogP contribution in [0.4, 0.5) is 0 Å². The van der Waals surface area contributed by atoms with Crippen molar-refractivity contribution < 1.29 is 4.79 Å². The maximum Gasteiger partial charge on any atom is 0.229 e. The molecule has 3 aliphatic carbocycles. The molecule has 0 heterocycles. The monoisotopic (exact) mass is 311 g/mol.